The second-order valence-corrected chi connectivity index (χ2v) is 8.11. The van der Waals surface area contributed by atoms with Crippen molar-refractivity contribution in [3.8, 4) is 0 Å². The average Bonchev–Trinajstić information content (AvgIpc) is 3.26. The van der Waals surface area contributed by atoms with Crippen LogP contribution in [0.3, 0.4) is 0 Å². The predicted molar refractivity (Wildman–Crippen MR) is 115 cm³/mol. The van der Waals surface area contributed by atoms with Gasteiger partial charge in [0.1, 0.15) is 5.82 Å². The fraction of sp³-hybridized carbons (Fsp3) is 0.333. The number of fused-ring (bicyclic) bond motifs is 3. The summed E-state index contributed by atoms with van der Waals surface area (Å²) in [7, 11) is 0. The number of rotatable bonds is 4. The van der Waals surface area contributed by atoms with Crippen molar-refractivity contribution in [2.75, 3.05) is 6.61 Å². The van der Waals surface area contributed by atoms with Crippen LogP contribution in [0, 0.1) is 0 Å². The van der Waals surface area contributed by atoms with Gasteiger partial charge in [0.05, 0.1) is 22.5 Å². The van der Waals surface area contributed by atoms with Crippen LogP contribution < -0.4 is 10.9 Å². The third-order valence-corrected chi connectivity index (χ3v) is 6.09. The van der Waals surface area contributed by atoms with Crippen LogP contribution in [0.5, 0.6) is 0 Å². The molecule has 1 aromatic heterocycles. The summed E-state index contributed by atoms with van der Waals surface area (Å²) >= 11 is 0. The number of nitrogens with one attached hydrogen (secondary N) is 1. The Kier molecular flexibility index (Phi) is 5.02. The van der Waals surface area contributed by atoms with E-state index in [4.69, 9.17) is 4.74 Å². The smallest absolute Gasteiger partial charge is 0.338 e. The number of nitrogens with zero attached hydrogens (tertiary/aromatic N) is 2. The van der Waals surface area contributed by atoms with Gasteiger partial charge in [0.15, 0.2) is 6.61 Å². The SMILES string of the molecule is O=C(COC(=O)c1ccc2c(=O)n3c(nc2c1)CCC3)N[C@H]1CCCc2ccccc21. The summed E-state index contributed by atoms with van der Waals surface area (Å²) in [5.74, 6) is -0.191. The summed E-state index contributed by atoms with van der Waals surface area (Å²) in [5.41, 5.74) is 3.06. The molecule has 7 heteroatoms. The summed E-state index contributed by atoms with van der Waals surface area (Å²) < 4.78 is 6.92. The Morgan fingerprint density at radius 2 is 2.00 bits per heavy atom. The number of ether oxygens (including phenoxy) is 1. The molecule has 0 spiro atoms. The highest BCUT2D eigenvalue weighted by Gasteiger charge is 2.22. The first kappa shape index (κ1) is 19.5. The second-order valence-electron chi connectivity index (χ2n) is 8.11. The number of aryl methyl sites for hydroxylation is 2. The molecule has 2 aliphatic rings. The highest BCUT2D eigenvalue weighted by atomic mass is 16.5. The van der Waals surface area contributed by atoms with Crippen molar-refractivity contribution in [3.05, 3.63) is 75.3 Å². The van der Waals surface area contributed by atoms with Gasteiger partial charge < -0.3 is 10.1 Å². The average molecular weight is 417 g/mol. The highest BCUT2D eigenvalue weighted by molar-refractivity contribution is 5.95. The van der Waals surface area contributed by atoms with Crippen molar-refractivity contribution >= 4 is 22.8 Å². The number of amides is 1. The quantitative estimate of drug-likeness (QED) is 0.659. The van der Waals surface area contributed by atoms with Gasteiger partial charge >= 0.3 is 5.97 Å². The van der Waals surface area contributed by atoms with Crippen LogP contribution in [0.4, 0.5) is 0 Å². The Balaban J connectivity index is 1.26. The Morgan fingerprint density at radius 3 is 2.90 bits per heavy atom. The van der Waals surface area contributed by atoms with E-state index in [1.807, 2.05) is 18.2 Å². The molecule has 0 fully saturated rings. The molecule has 5 rings (SSSR count). The van der Waals surface area contributed by atoms with E-state index in [-0.39, 0.29) is 29.7 Å². The van der Waals surface area contributed by atoms with Crippen LogP contribution >= 0.6 is 0 Å². The molecule has 0 saturated heterocycles. The summed E-state index contributed by atoms with van der Waals surface area (Å²) in [6.45, 7) is 0.331. The Hall–Kier alpha value is -3.48. The molecule has 158 valence electrons. The number of hydrogen-bond donors (Lipinski definition) is 1. The minimum Gasteiger partial charge on any atom is -0.452 e. The number of benzene rings is 2. The van der Waals surface area contributed by atoms with E-state index >= 15 is 0 Å². The van der Waals surface area contributed by atoms with E-state index in [0.29, 0.717) is 17.4 Å². The number of carbonyl (C=O) groups excluding carboxylic acids is 2. The lowest BCUT2D eigenvalue weighted by Crippen LogP contribution is -2.34. The fourth-order valence-electron chi connectivity index (χ4n) is 4.57. The molecule has 0 unspecified atom stereocenters. The lowest BCUT2D eigenvalue weighted by atomic mass is 9.88. The van der Waals surface area contributed by atoms with Crippen LogP contribution in [0.25, 0.3) is 10.9 Å². The molecule has 0 radical (unpaired) electrons. The molecule has 2 aromatic carbocycles. The molecule has 2 heterocycles. The van der Waals surface area contributed by atoms with Crippen LogP contribution in [0.15, 0.2) is 47.3 Å². The third-order valence-electron chi connectivity index (χ3n) is 6.09. The zero-order chi connectivity index (χ0) is 21.4. The molecule has 1 aliphatic carbocycles. The summed E-state index contributed by atoms with van der Waals surface area (Å²) in [6, 6.07) is 12.8. The van der Waals surface area contributed by atoms with Gasteiger partial charge in [-0.05, 0) is 55.0 Å². The van der Waals surface area contributed by atoms with Crippen molar-refractivity contribution in [3.63, 3.8) is 0 Å². The molecular formula is C24H23N3O4. The summed E-state index contributed by atoms with van der Waals surface area (Å²) in [6.07, 6.45) is 4.54. The van der Waals surface area contributed by atoms with Gasteiger partial charge in [0.25, 0.3) is 11.5 Å². The third kappa shape index (κ3) is 3.71. The minimum absolute atomic E-state index is 0.0592. The van der Waals surface area contributed by atoms with Gasteiger partial charge in [-0.3, -0.25) is 14.2 Å². The first-order valence-electron chi connectivity index (χ1n) is 10.7. The van der Waals surface area contributed by atoms with Crippen LogP contribution in [-0.2, 0) is 28.9 Å². The van der Waals surface area contributed by atoms with E-state index in [9.17, 15) is 14.4 Å². The van der Waals surface area contributed by atoms with Crippen molar-refractivity contribution in [1.29, 1.82) is 0 Å². The van der Waals surface area contributed by atoms with Gasteiger partial charge in [-0.1, -0.05) is 24.3 Å². The fourth-order valence-corrected chi connectivity index (χ4v) is 4.57. The maximum Gasteiger partial charge on any atom is 0.338 e. The number of aromatic nitrogens is 2. The van der Waals surface area contributed by atoms with Crippen LogP contribution in [0.1, 0.15) is 52.6 Å². The highest BCUT2D eigenvalue weighted by Crippen LogP contribution is 2.29. The number of carbonyl (C=O) groups is 2. The van der Waals surface area contributed by atoms with E-state index < -0.39 is 5.97 Å². The van der Waals surface area contributed by atoms with Gasteiger partial charge in [-0.25, -0.2) is 9.78 Å². The monoisotopic (exact) mass is 417 g/mol. The molecule has 31 heavy (non-hydrogen) atoms. The van der Waals surface area contributed by atoms with E-state index in [2.05, 4.69) is 16.4 Å². The molecule has 1 N–H and O–H groups in total. The van der Waals surface area contributed by atoms with Crippen LogP contribution in [0.2, 0.25) is 0 Å². The van der Waals surface area contributed by atoms with Gasteiger partial charge in [0.2, 0.25) is 0 Å². The van der Waals surface area contributed by atoms with Gasteiger partial charge in [-0.15, -0.1) is 0 Å². The van der Waals surface area contributed by atoms with Gasteiger partial charge in [-0.2, -0.15) is 0 Å². The molecule has 3 aromatic rings. The Bertz CT molecular complexity index is 1250. The molecule has 0 saturated carbocycles. The molecular weight excluding hydrogens is 394 g/mol. The topological polar surface area (TPSA) is 90.3 Å². The van der Waals surface area contributed by atoms with Gasteiger partial charge in [0, 0.05) is 13.0 Å². The first-order chi connectivity index (χ1) is 15.1. The summed E-state index contributed by atoms with van der Waals surface area (Å²) in [4.78, 5) is 42.0. The normalized spacial score (nSPS) is 17.1. The van der Waals surface area contributed by atoms with E-state index in [1.54, 1.807) is 22.8 Å². The first-order valence-corrected chi connectivity index (χ1v) is 10.7. The molecule has 1 atom stereocenters. The standard InChI is InChI=1S/C24H23N3O4/c28-22(26-19-8-3-6-15-5-1-2-7-17(15)19)14-31-24(30)16-10-11-18-20(13-16)25-21-9-4-12-27(21)23(18)29/h1-2,5,7,10-11,13,19H,3-4,6,8-9,12,14H2,(H,26,28)/t19-/m0/s1. The zero-order valence-corrected chi connectivity index (χ0v) is 17.1. The molecule has 1 aliphatic heterocycles. The van der Waals surface area contributed by atoms with Crippen LogP contribution in [-0.4, -0.2) is 28.0 Å². The van der Waals surface area contributed by atoms with Crippen molar-refractivity contribution < 1.29 is 14.3 Å². The molecule has 1 amide bonds. The second kappa shape index (κ2) is 7.98. The minimum atomic E-state index is -0.608. The van der Waals surface area contributed by atoms with E-state index in [0.717, 1.165) is 43.5 Å². The number of hydrogen-bond acceptors (Lipinski definition) is 5. The predicted octanol–water partition coefficient (Wildman–Crippen LogP) is 2.69. The lowest BCUT2D eigenvalue weighted by molar-refractivity contribution is -0.125. The maximum absolute atomic E-state index is 12.5. The maximum atomic E-state index is 12.5. The molecule has 7 nitrogen and oxygen atoms in total. The Morgan fingerprint density at radius 1 is 1.13 bits per heavy atom. The summed E-state index contributed by atoms with van der Waals surface area (Å²) in [5, 5.41) is 3.46. The zero-order valence-electron chi connectivity index (χ0n) is 17.1. The lowest BCUT2D eigenvalue weighted by Gasteiger charge is -2.26. The van der Waals surface area contributed by atoms with E-state index in [1.165, 1.54) is 5.56 Å². The van der Waals surface area contributed by atoms with Crippen molar-refractivity contribution in [1.82, 2.24) is 14.9 Å². The van der Waals surface area contributed by atoms with Crippen molar-refractivity contribution in [2.45, 2.75) is 44.7 Å². The molecule has 0 bridgehead atoms. The Labute approximate surface area is 179 Å². The van der Waals surface area contributed by atoms with Crippen molar-refractivity contribution in [2.24, 2.45) is 0 Å². The number of esters is 1. The largest absolute Gasteiger partial charge is 0.452 e.